The van der Waals surface area contributed by atoms with Crippen molar-refractivity contribution in [2.24, 2.45) is 4.99 Å². The molecule has 32 heavy (non-hydrogen) atoms. The molecule has 6 heteroatoms. The number of phenols is 1. The van der Waals surface area contributed by atoms with Gasteiger partial charge in [0.15, 0.2) is 5.78 Å². The third kappa shape index (κ3) is 2.21. The number of aliphatic imine (C=N–C) groups is 1. The lowest BCUT2D eigenvalue weighted by atomic mass is 9.69. The molecule has 0 radical (unpaired) electrons. The second-order valence-electron chi connectivity index (χ2n) is 10.1. The standard InChI is InChI=1S/C26H28N4O2/c1-11-6-15-7-17-19(9-27)30-18(24(29(17)5)21(15)26(32)12(11)2)8-16-22-20(30)10-28-23(22)13(3)14(4)25(16)31/h6,17-20,24,32H,7-8,10H2,1-5H3/t17-,18?,19-,20?,24?/m0/s1. The first kappa shape index (κ1) is 19.9. The predicted octanol–water partition coefficient (Wildman–Crippen LogP) is 2.93. The highest BCUT2D eigenvalue weighted by atomic mass is 16.3. The number of benzene rings is 1. The molecule has 6 rings (SSSR count). The van der Waals surface area contributed by atoms with Crippen LogP contribution in [0.4, 0.5) is 0 Å². The maximum atomic E-state index is 13.4. The highest BCUT2D eigenvalue weighted by Crippen LogP contribution is 2.53. The number of hydrogen-bond acceptors (Lipinski definition) is 6. The third-order valence-electron chi connectivity index (χ3n) is 8.83. The van der Waals surface area contributed by atoms with Gasteiger partial charge >= 0.3 is 0 Å². The van der Waals surface area contributed by atoms with Crippen LogP contribution in [0.5, 0.6) is 5.75 Å². The van der Waals surface area contributed by atoms with E-state index >= 15 is 0 Å². The number of nitriles is 1. The average molecular weight is 429 g/mol. The molecule has 1 aromatic carbocycles. The van der Waals surface area contributed by atoms with Gasteiger partial charge in [0.05, 0.1) is 30.4 Å². The van der Waals surface area contributed by atoms with E-state index in [-0.39, 0.29) is 36.0 Å². The minimum Gasteiger partial charge on any atom is -0.507 e. The molecule has 1 saturated heterocycles. The molecule has 1 N–H and O–H groups in total. The number of Topliss-reactive ketones (excluding diaryl/α,β-unsaturated/α-hetero) is 1. The topological polar surface area (TPSA) is 79.9 Å². The van der Waals surface area contributed by atoms with Crippen LogP contribution in [0.2, 0.25) is 0 Å². The molecule has 0 aromatic heterocycles. The van der Waals surface area contributed by atoms with Crippen LogP contribution in [0.25, 0.3) is 0 Å². The Balaban J connectivity index is 1.57. The van der Waals surface area contributed by atoms with Gasteiger partial charge in [-0.15, -0.1) is 0 Å². The Morgan fingerprint density at radius 2 is 1.91 bits per heavy atom. The number of carbonyl (C=O) groups is 1. The Hall–Kier alpha value is -2.75. The zero-order valence-corrected chi connectivity index (χ0v) is 19.2. The van der Waals surface area contributed by atoms with Crippen molar-refractivity contribution in [2.45, 2.75) is 70.7 Å². The number of rotatable bonds is 0. The van der Waals surface area contributed by atoms with E-state index in [1.54, 1.807) is 0 Å². The molecule has 1 aromatic rings. The predicted molar refractivity (Wildman–Crippen MR) is 122 cm³/mol. The van der Waals surface area contributed by atoms with Gasteiger partial charge in [0.25, 0.3) is 0 Å². The van der Waals surface area contributed by atoms with Gasteiger partial charge in [0, 0.05) is 34.4 Å². The summed E-state index contributed by atoms with van der Waals surface area (Å²) >= 11 is 0. The van der Waals surface area contributed by atoms with Crippen molar-refractivity contribution in [3.8, 4) is 11.8 Å². The van der Waals surface area contributed by atoms with Gasteiger partial charge < -0.3 is 5.11 Å². The Labute approximate surface area is 188 Å². The Bertz CT molecular complexity index is 1250. The summed E-state index contributed by atoms with van der Waals surface area (Å²) in [5, 5.41) is 21.6. The number of hydrogen-bond donors (Lipinski definition) is 1. The van der Waals surface area contributed by atoms with Crippen LogP contribution in [0, 0.1) is 25.2 Å². The molecule has 1 aliphatic carbocycles. The maximum absolute atomic E-state index is 13.4. The molecule has 4 aliphatic heterocycles. The van der Waals surface area contributed by atoms with Crippen molar-refractivity contribution < 1.29 is 9.90 Å². The molecular formula is C26H28N4O2. The molecule has 0 saturated carbocycles. The molecule has 5 aliphatic rings. The highest BCUT2D eigenvalue weighted by molar-refractivity contribution is 6.28. The lowest BCUT2D eigenvalue weighted by Crippen LogP contribution is -2.70. The van der Waals surface area contributed by atoms with Gasteiger partial charge in [0.1, 0.15) is 11.8 Å². The SMILES string of the molecule is CC1=C(C)C2=NCC3C2=C(CC2C4c5c(cc(C)c(C)c5O)C[C@@H]([C@H](C#N)N32)N4C)C1=O. The molecule has 164 valence electrons. The lowest BCUT2D eigenvalue weighted by Gasteiger charge is -2.59. The van der Waals surface area contributed by atoms with Gasteiger partial charge in [-0.2, -0.15) is 5.26 Å². The van der Waals surface area contributed by atoms with Gasteiger partial charge in [-0.25, -0.2) is 0 Å². The summed E-state index contributed by atoms with van der Waals surface area (Å²) in [6, 6.07) is 4.41. The summed E-state index contributed by atoms with van der Waals surface area (Å²) in [6.45, 7) is 8.49. The van der Waals surface area contributed by atoms with Gasteiger partial charge in [-0.3, -0.25) is 19.6 Å². The number of fused-ring (bicyclic) bond motifs is 7. The number of aryl methyl sites for hydroxylation is 1. The van der Waals surface area contributed by atoms with Crippen LogP contribution in [0.3, 0.4) is 0 Å². The normalized spacial score (nSPS) is 33.6. The van der Waals surface area contributed by atoms with Crippen molar-refractivity contribution in [1.82, 2.24) is 9.80 Å². The number of nitrogens with zero attached hydrogens (tertiary/aromatic N) is 4. The number of phenolic OH excluding ortho intramolecular Hbond substituents is 1. The van der Waals surface area contributed by atoms with Crippen LogP contribution >= 0.6 is 0 Å². The van der Waals surface area contributed by atoms with Crippen molar-refractivity contribution >= 4 is 11.5 Å². The Morgan fingerprint density at radius 1 is 1.16 bits per heavy atom. The van der Waals surface area contributed by atoms with Crippen LogP contribution < -0.4 is 0 Å². The van der Waals surface area contributed by atoms with Gasteiger partial charge in [-0.05, 0) is 69.8 Å². The number of likely N-dealkylation sites (N-methyl/N-ethyl adjacent to an activating group) is 1. The number of piperazine rings is 1. The Morgan fingerprint density at radius 3 is 2.62 bits per heavy atom. The van der Waals surface area contributed by atoms with Crippen LogP contribution in [0.15, 0.2) is 33.4 Å². The van der Waals surface area contributed by atoms with E-state index in [4.69, 9.17) is 4.99 Å². The highest BCUT2D eigenvalue weighted by Gasteiger charge is 2.57. The number of carbonyl (C=O) groups excluding carboxylic acids is 1. The average Bonchev–Trinajstić information content (AvgIpc) is 3.21. The van der Waals surface area contributed by atoms with E-state index in [0.717, 1.165) is 56.7 Å². The summed E-state index contributed by atoms with van der Waals surface area (Å²) < 4.78 is 0. The van der Waals surface area contributed by atoms with E-state index in [2.05, 4.69) is 29.0 Å². The molecule has 0 spiro atoms. The fourth-order valence-electron chi connectivity index (χ4n) is 6.96. The lowest BCUT2D eigenvalue weighted by molar-refractivity contribution is -0.113. The number of allylic oxidation sites excluding steroid dienone is 2. The van der Waals surface area contributed by atoms with Crippen molar-refractivity contribution in [1.29, 1.82) is 5.26 Å². The van der Waals surface area contributed by atoms with Crippen molar-refractivity contribution in [2.75, 3.05) is 13.6 Å². The summed E-state index contributed by atoms with van der Waals surface area (Å²) in [5.41, 5.74) is 8.77. The summed E-state index contributed by atoms with van der Waals surface area (Å²) in [7, 11) is 2.08. The molecular weight excluding hydrogens is 400 g/mol. The summed E-state index contributed by atoms with van der Waals surface area (Å²) in [4.78, 5) is 22.9. The molecule has 3 unspecified atom stereocenters. The second kappa shape index (κ2) is 6.40. The zero-order chi connectivity index (χ0) is 22.6. The van der Waals surface area contributed by atoms with E-state index in [9.17, 15) is 15.2 Å². The first-order valence-electron chi connectivity index (χ1n) is 11.5. The summed E-state index contributed by atoms with van der Waals surface area (Å²) in [6.07, 6.45) is 1.32. The molecule has 0 amide bonds. The first-order valence-corrected chi connectivity index (χ1v) is 11.5. The monoisotopic (exact) mass is 428 g/mol. The molecule has 6 nitrogen and oxygen atoms in total. The first-order chi connectivity index (χ1) is 15.3. The van der Waals surface area contributed by atoms with Gasteiger partial charge in [-0.1, -0.05) is 6.07 Å². The van der Waals surface area contributed by atoms with E-state index in [1.165, 1.54) is 0 Å². The van der Waals surface area contributed by atoms with E-state index in [0.29, 0.717) is 18.7 Å². The van der Waals surface area contributed by atoms with Crippen molar-refractivity contribution in [3.63, 3.8) is 0 Å². The zero-order valence-electron chi connectivity index (χ0n) is 19.2. The van der Waals surface area contributed by atoms with Crippen LogP contribution in [-0.2, 0) is 11.2 Å². The molecule has 1 fully saturated rings. The third-order valence-corrected chi connectivity index (χ3v) is 8.83. The largest absolute Gasteiger partial charge is 0.507 e. The van der Waals surface area contributed by atoms with E-state index < -0.39 is 0 Å². The van der Waals surface area contributed by atoms with E-state index in [1.807, 2.05) is 27.7 Å². The quantitative estimate of drug-likeness (QED) is 0.643. The maximum Gasteiger partial charge on any atom is 0.185 e. The van der Waals surface area contributed by atoms with Crippen molar-refractivity contribution in [3.05, 3.63) is 50.6 Å². The van der Waals surface area contributed by atoms with Crippen LogP contribution in [0.1, 0.15) is 48.6 Å². The number of aromatic hydroxyl groups is 1. The fraction of sp³-hybridized carbons (Fsp3) is 0.500. The minimum atomic E-state index is -0.283. The molecule has 2 bridgehead atoms. The second-order valence-corrected chi connectivity index (χ2v) is 10.1. The fourth-order valence-corrected chi connectivity index (χ4v) is 6.96. The Kier molecular flexibility index (Phi) is 3.98. The smallest absolute Gasteiger partial charge is 0.185 e. The molecule has 5 atom stereocenters. The number of ketones is 1. The van der Waals surface area contributed by atoms with Crippen LogP contribution in [-0.4, -0.2) is 64.2 Å². The summed E-state index contributed by atoms with van der Waals surface area (Å²) in [5.74, 6) is 0.498. The van der Waals surface area contributed by atoms with Gasteiger partial charge in [0.2, 0.25) is 0 Å². The minimum absolute atomic E-state index is 0.0376. The molecule has 4 heterocycles.